The highest BCUT2D eigenvalue weighted by atomic mass is 16.5. The molecule has 0 atom stereocenters. The summed E-state index contributed by atoms with van der Waals surface area (Å²) in [5, 5.41) is 8.54. The first-order valence-electron chi connectivity index (χ1n) is 6.42. The third-order valence-corrected chi connectivity index (χ3v) is 2.92. The van der Waals surface area contributed by atoms with Crippen LogP contribution in [0, 0.1) is 0 Å². The van der Waals surface area contributed by atoms with Crippen LogP contribution in [0.1, 0.15) is 5.56 Å². The summed E-state index contributed by atoms with van der Waals surface area (Å²) in [6, 6.07) is 7.05. The van der Waals surface area contributed by atoms with E-state index < -0.39 is 5.97 Å². The molecule has 0 aliphatic rings. The van der Waals surface area contributed by atoms with Crippen LogP contribution < -0.4 is 10.4 Å². The molecule has 0 spiro atoms. The molecule has 110 valence electrons. The Hall–Kier alpha value is -2.76. The zero-order valence-corrected chi connectivity index (χ0v) is 11.6. The minimum absolute atomic E-state index is 0.0762. The van der Waals surface area contributed by atoms with Crippen LogP contribution in [-0.4, -0.2) is 26.8 Å². The Labute approximate surface area is 121 Å². The summed E-state index contributed by atoms with van der Waals surface area (Å²) in [5.74, 6) is -0.310. The fraction of sp³-hybridized carbons (Fsp3) is 0.200. The van der Waals surface area contributed by atoms with E-state index in [9.17, 15) is 9.59 Å². The van der Waals surface area contributed by atoms with Crippen molar-refractivity contribution in [1.82, 2.24) is 9.13 Å². The van der Waals surface area contributed by atoms with Crippen LogP contribution in [0.2, 0.25) is 0 Å². The van der Waals surface area contributed by atoms with Gasteiger partial charge in [0, 0.05) is 25.5 Å². The maximum atomic E-state index is 11.6. The van der Waals surface area contributed by atoms with Gasteiger partial charge in [-0.1, -0.05) is 12.1 Å². The summed E-state index contributed by atoms with van der Waals surface area (Å²) in [6.07, 6.45) is 6.00. The van der Waals surface area contributed by atoms with Gasteiger partial charge in [0.25, 0.3) is 0 Å². The molecular formula is C15H16N2O4. The van der Waals surface area contributed by atoms with Crippen molar-refractivity contribution in [2.24, 2.45) is 7.05 Å². The second kappa shape index (κ2) is 6.60. The van der Waals surface area contributed by atoms with Gasteiger partial charge in [0.1, 0.15) is 12.4 Å². The average Bonchev–Trinajstić information content (AvgIpc) is 2.78. The molecule has 1 aromatic heterocycles. The molecule has 21 heavy (non-hydrogen) atoms. The lowest BCUT2D eigenvalue weighted by Gasteiger charge is -2.06. The van der Waals surface area contributed by atoms with E-state index in [1.807, 2.05) is 0 Å². The Balaban J connectivity index is 1.88. The van der Waals surface area contributed by atoms with Gasteiger partial charge in [-0.3, -0.25) is 4.57 Å². The van der Waals surface area contributed by atoms with Crippen molar-refractivity contribution in [2.75, 3.05) is 6.61 Å². The summed E-state index contributed by atoms with van der Waals surface area (Å²) in [6.45, 7) is 0.856. The number of carboxylic acids is 1. The zero-order valence-electron chi connectivity index (χ0n) is 11.6. The predicted molar refractivity (Wildman–Crippen MR) is 78.3 cm³/mol. The summed E-state index contributed by atoms with van der Waals surface area (Å²) < 4.78 is 8.62. The Bertz CT molecular complexity index is 695. The monoisotopic (exact) mass is 288 g/mol. The van der Waals surface area contributed by atoms with Gasteiger partial charge in [-0.2, -0.15) is 0 Å². The number of carboxylic acid groups (broad SMARTS) is 1. The van der Waals surface area contributed by atoms with Crippen LogP contribution in [-0.2, 0) is 18.4 Å². The number of aromatic nitrogens is 2. The van der Waals surface area contributed by atoms with Gasteiger partial charge in [0.2, 0.25) is 0 Å². The molecule has 0 amide bonds. The lowest BCUT2D eigenvalue weighted by Crippen LogP contribution is -2.24. The molecule has 0 aliphatic carbocycles. The van der Waals surface area contributed by atoms with Crippen molar-refractivity contribution in [3.05, 3.63) is 58.8 Å². The van der Waals surface area contributed by atoms with E-state index in [1.165, 1.54) is 10.6 Å². The molecule has 2 aromatic rings. The number of carbonyl (C=O) groups is 1. The van der Waals surface area contributed by atoms with Crippen molar-refractivity contribution in [1.29, 1.82) is 0 Å². The van der Waals surface area contributed by atoms with E-state index in [4.69, 9.17) is 9.84 Å². The fourth-order valence-electron chi connectivity index (χ4n) is 1.79. The summed E-state index contributed by atoms with van der Waals surface area (Å²) in [4.78, 5) is 22.0. The third kappa shape index (κ3) is 4.10. The Kier molecular flexibility index (Phi) is 4.61. The molecular weight excluding hydrogens is 272 g/mol. The highest BCUT2D eigenvalue weighted by Crippen LogP contribution is 2.13. The van der Waals surface area contributed by atoms with Gasteiger partial charge in [-0.05, 0) is 23.8 Å². The molecule has 0 aliphatic heterocycles. The van der Waals surface area contributed by atoms with Gasteiger partial charge < -0.3 is 14.4 Å². The van der Waals surface area contributed by atoms with E-state index in [-0.39, 0.29) is 5.69 Å². The van der Waals surface area contributed by atoms with Gasteiger partial charge in [0.15, 0.2) is 0 Å². The first-order valence-corrected chi connectivity index (χ1v) is 6.42. The quantitative estimate of drug-likeness (QED) is 0.815. The number of hydrogen-bond donors (Lipinski definition) is 1. The molecule has 0 fully saturated rings. The Morgan fingerprint density at radius 2 is 2.00 bits per heavy atom. The Morgan fingerprint density at radius 3 is 2.57 bits per heavy atom. The van der Waals surface area contributed by atoms with Gasteiger partial charge in [-0.25, -0.2) is 9.59 Å². The number of nitrogens with zero attached hydrogens (tertiary/aromatic N) is 2. The lowest BCUT2D eigenvalue weighted by atomic mass is 10.2. The van der Waals surface area contributed by atoms with E-state index in [0.29, 0.717) is 18.9 Å². The van der Waals surface area contributed by atoms with Crippen LogP contribution in [0.5, 0.6) is 5.75 Å². The second-order valence-electron chi connectivity index (χ2n) is 4.47. The zero-order chi connectivity index (χ0) is 15.2. The maximum Gasteiger partial charge on any atom is 0.328 e. The number of aliphatic carboxylic acids is 1. The van der Waals surface area contributed by atoms with Crippen molar-refractivity contribution in [3.63, 3.8) is 0 Å². The SMILES string of the molecule is Cn1ccn(CCOc2ccc(/C=C/C(=O)O)cc2)c1=O. The molecule has 0 saturated carbocycles. The fourth-order valence-corrected chi connectivity index (χ4v) is 1.79. The highest BCUT2D eigenvalue weighted by molar-refractivity contribution is 5.85. The number of aryl methyl sites for hydroxylation is 1. The molecule has 1 heterocycles. The molecule has 1 N–H and O–H groups in total. The van der Waals surface area contributed by atoms with Gasteiger partial charge >= 0.3 is 11.7 Å². The van der Waals surface area contributed by atoms with Crippen LogP contribution in [0.15, 0.2) is 47.5 Å². The predicted octanol–water partition coefficient (Wildman–Crippen LogP) is 1.36. The largest absolute Gasteiger partial charge is 0.492 e. The number of ether oxygens (including phenoxy) is 1. The Morgan fingerprint density at radius 1 is 1.29 bits per heavy atom. The number of rotatable bonds is 6. The van der Waals surface area contributed by atoms with Crippen molar-refractivity contribution in [2.45, 2.75) is 6.54 Å². The molecule has 0 bridgehead atoms. The number of benzene rings is 1. The molecule has 0 saturated heterocycles. The van der Waals surface area contributed by atoms with Crippen LogP contribution >= 0.6 is 0 Å². The van der Waals surface area contributed by atoms with E-state index in [1.54, 1.807) is 48.3 Å². The second-order valence-corrected chi connectivity index (χ2v) is 4.47. The first-order chi connectivity index (χ1) is 10.1. The van der Waals surface area contributed by atoms with Crippen LogP contribution in [0.3, 0.4) is 0 Å². The molecule has 6 nitrogen and oxygen atoms in total. The van der Waals surface area contributed by atoms with E-state index >= 15 is 0 Å². The summed E-state index contributed by atoms with van der Waals surface area (Å²) in [5.41, 5.74) is 0.705. The van der Waals surface area contributed by atoms with Gasteiger partial charge in [0.05, 0.1) is 6.54 Å². The summed E-state index contributed by atoms with van der Waals surface area (Å²) in [7, 11) is 1.70. The first kappa shape index (κ1) is 14.6. The minimum Gasteiger partial charge on any atom is -0.492 e. The van der Waals surface area contributed by atoms with E-state index in [0.717, 1.165) is 11.6 Å². The number of imidazole rings is 1. The standard InChI is InChI=1S/C15H16N2O4/c1-16-8-9-17(15(16)20)10-11-21-13-5-2-12(3-6-13)4-7-14(18)19/h2-9H,10-11H2,1H3,(H,18,19)/b7-4+. The molecule has 2 rings (SSSR count). The topological polar surface area (TPSA) is 73.5 Å². The third-order valence-electron chi connectivity index (χ3n) is 2.92. The lowest BCUT2D eigenvalue weighted by molar-refractivity contribution is -0.131. The molecule has 0 unspecified atom stereocenters. The molecule has 6 heteroatoms. The van der Waals surface area contributed by atoms with Gasteiger partial charge in [-0.15, -0.1) is 0 Å². The molecule has 0 radical (unpaired) electrons. The average molecular weight is 288 g/mol. The summed E-state index contributed by atoms with van der Waals surface area (Å²) >= 11 is 0. The van der Waals surface area contributed by atoms with Crippen molar-refractivity contribution < 1.29 is 14.6 Å². The normalized spacial score (nSPS) is 10.9. The minimum atomic E-state index is -0.983. The van der Waals surface area contributed by atoms with Crippen molar-refractivity contribution >= 4 is 12.0 Å². The van der Waals surface area contributed by atoms with Crippen LogP contribution in [0.4, 0.5) is 0 Å². The highest BCUT2D eigenvalue weighted by Gasteiger charge is 2.00. The van der Waals surface area contributed by atoms with Crippen LogP contribution in [0.25, 0.3) is 6.08 Å². The maximum absolute atomic E-state index is 11.6. The smallest absolute Gasteiger partial charge is 0.328 e. The number of hydrogen-bond acceptors (Lipinski definition) is 3. The van der Waals surface area contributed by atoms with E-state index in [2.05, 4.69) is 0 Å². The molecule has 1 aromatic carbocycles. The van der Waals surface area contributed by atoms with Crippen molar-refractivity contribution in [3.8, 4) is 5.75 Å².